The first kappa shape index (κ1) is 10.8. The highest BCUT2D eigenvalue weighted by atomic mass is 16.4. The maximum atomic E-state index is 10.6. The van der Waals surface area contributed by atoms with Crippen molar-refractivity contribution in [2.24, 2.45) is 0 Å². The van der Waals surface area contributed by atoms with Gasteiger partial charge in [0.1, 0.15) is 0 Å². The molecule has 1 aliphatic rings. The van der Waals surface area contributed by atoms with E-state index in [1.165, 1.54) is 6.07 Å². The van der Waals surface area contributed by atoms with Crippen molar-refractivity contribution in [3.8, 4) is 0 Å². The molecule has 1 atom stereocenters. The minimum Gasteiger partial charge on any atom is -0.476 e. The minimum absolute atomic E-state index is 0.0662. The molecule has 1 saturated heterocycles. The smallest absolute Gasteiger partial charge is 0.356 e. The predicted molar refractivity (Wildman–Crippen MR) is 56.4 cm³/mol. The molecule has 0 radical (unpaired) electrons. The summed E-state index contributed by atoms with van der Waals surface area (Å²) in [4.78, 5) is 12.6. The molecule has 0 amide bonds. The van der Waals surface area contributed by atoms with Crippen LogP contribution in [0.25, 0.3) is 0 Å². The summed E-state index contributed by atoms with van der Waals surface area (Å²) in [6.07, 6.45) is 1.94. The third kappa shape index (κ3) is 1.96. The van der Waals surface area contributed by atoms with Gasteiger partial charge in [-0.3, -0.25) is 0 Å². The molecule has 0 spiro atoms. The van der Waals surface area contributed by atoms with E-state index in [1.54, 1.807) is 6.07 Å². The molecule has 86 valence electrons. The van der Waals surface area contributed by atoms with E-state index < -0.39 is 5.97 Å². The van der Waals surface area contributed by atoms with E-state index in [2.05, 4.69) is 10.2 Å². The molecule has 1 fully saturated rings. The van der Waals surface area contributed by atoms with Crippen molar-refractivity contribution in [1.29, 1.82) is 0 Å². The van der Waals surface area contributed by atoms with E-state index in [0.29, 0.717) is 5.82 Å². The number of nitrogens with zero attached hydrogens (tertiary/aromatic N) is 3. The highest BCUT2D eigenvalue weighted by molar-refractivity contribution is 5.85. The number of aliphatic hydroxyl groups is 1. The van der Waals surface area contributed by atoms with Gasteiger partial charge in [-0.25, -0.2) is 4.79 Å². The molecule has 1 aliphatic heterocycles. The van der Waals surface area contributed by atoms with Crippen molar-refractivity contribution in [2.45, 2.75) is 18.9 Å². The van der Waals surface area contributed by atoms with E-state index in [-0.39, 0.29) is 18.3 Å². The highest BCUT2D eigenvalue weighted by Crippen LogP contribution is 2.22. The first-order valence-corrected chi connectivity index (χ1v) is 5.17. The van der Waals surface area contributed by atoms with Gasteiger partial charge < -0.3 is 15.1 Å². The van der Waals surface area contributed by atoms with Crippen LogP contribution in [0.5, 0.6) is 0 Å². The van der Waals surface area contributed by atoms with E-state index in [9.17, 15) is 4.79 Å². The summed E-state index contributed by atoms with van der Waals surface area (Å²) in [5.41, 5.74) is -0.0662. The molecule has 16 heavy (non-hydrogen) atoms. The molecule has 0 bridgehead atoms. The second-order valence-electron chi connectivity index (χ2n) is 3.75. The van der Waals surface area contributed by atoms with E-state index >= 15 is 0 Å². The van der Waals surface area contributed by atoms with Crippen molar-refractivity contribution >= 4 is 11.8 Å². The molecule has 0 aliphatic carbocycles. The molecular weight excluding hydrogens is 210 g/mol. The monoisotopic (exact) mass is 223 g/mol. The Morgan fingerprint density at radius 3 is 2.88 bits per heavy atom. The number of hydrogen-bond acceptors (Lipinski definition) is 5. The van der Waals surface area contributed by atoms with E-state index in [0.717, 1.165) is 19.4 Å². The fourth-order valence-corrected chi connectivity index (χ4v) is 1.92. The fraction of sp³-hybridized carbons (Fsp3) is 0.500. The Hall–Kier alpha value is -1.69. The number of aromatic carboxylic acids is 1. The third-order valence-corrected chi connectivity index (χ3v) is 2.75. The molecule has 0 saturated carbocycles. The summed E-state index contributed by atoms with van der Waals surface area (Å²) in [5.74, 6) is -0.458. The lowest BCUT2D eigenvalue weighted by Crippen LogP contribution is -2.32. The average Bonchev–Trinajstić information content (AvgIpc) is 2.77. The van der Waals surface area contributed by atoms with Gasteiger partial charge in [-0.2, -0.15) is 0 Å². The van der Waals surface area contributed by atoms with Crippen LogP contribution in [0.4, 0.5) is 5.82 Å². The van der Waals surface area contributed by atoms with Gasteiger partial charge in [0.25, 0.3) is 0 Å². The summed E-state index contributed by atoms with van der Waals surface area (Å²) in [5, 5.41) is 25.3. The lowest BCUT2D eigenvalue weighted by Gasteiger charge is -2.23. The number of aliphatic hydroxyl groups excluding tert-OH is 1. The molecule has 2 rings (SSSR count). The Morgan fingerprint density at radius 2 is 2.31 bits per heavy atom. The summed E-state index contributed by atoms with van der Waals surface area (Å²) in [6.45, 7) is 0.911. The third-order valence-electron chi connectivity index (χ3n) is 2.75. The number of carboxylic acid groups (broad SMARTS) is 1. The normalized spacial score (nSPS) is 20.1. The SMILES string of the molecule is O=C(O)c1ccc(N2CCC[C@@H]2CO)nn1. The zero-order valence-corrected chi connectivity index (χ0v) is 8.70. The zero-order chi connectivity index (χ0) is 11.5. The Morgan fingerprint density at radius 1 is 1.50 bits per heavy atom. The van der Waals surface area contributed by atoms with Gasteiger partial charge in [-0.05, 0) is 25.0 Å². The average molecular weight is 223 g/mol. The first-order valence-electron chi connectivity index (χ1n) is 5.17. The topological polar surface area (TPSA) is 86.5 Å². The second kappa shape index (κ2) is 4.44. The molecule has 6 heteroatoms. The van der Waals surface area contributed by atoms with Crippen LogP contribution in [0.2, 0.25) is 0 Å². The Bertz CT molecular complexity index is 379. The number of aromatic nitrogens is 2. The van der Waals surface area contributed by atoms with Crippen molar-refractivity contribution in [2.75, 3.05) is 18.1 Å². The van der Waals surface area contributed by atoms with Gasteiger partial charge in [0.05, 0.1) is 12.6 Å². The summed E-state index contributed by atoms with van der Waals surface area (Å²) < 4.78 is 0. The van der Waals surface area contributed by atoms with Crippen molar-refractivity contribution < 1.29 is 15.0 Å². The number of carbonyl (C=O) groups is 1. The van der Waals surface area contributed by atoms with Crippen LogP contribution in [0, 0.1) is 0 Å². The first-order chi connectivity index (χ1) is 7.72. The van der Waals surface area contributed by atoms with E-state index in [1.807, 2.05) is 4.90 Å². The molecular formula is C10H13N3O3. The molecule has 1 aromatic rings. The number of anilines is 1. The van der Waals surface area contributed by atoms with Crippen molar-refractivity contribution in [1.82, 2.24) is 10.2 Å². The fourth-order valence-electron chi connectivity index (χ4n) is 1.92. The molecule has 2 N–H and O–H groups in total. The van der Waals surface area contributed by atoms with Gasteiger partial charge in [-0.15, -0.1) is 10.2 Å². The Balaban J connectivity index is 2.18. The van der Waals surface area contributed by atoms with Crippen LogP contribution < -0.4 is 4.90 Å². The van der Waals surface area contributed by atoms with Crippen molar-refractivity contribution in [3.05, 3.63) is 17.8 Å². The standard InChI is InChI=1S/C10H13N3O3/c14-6-7-2-1-5-13(7)9-4-3-8(10(15)16)11-12-9/h3-4,7,14H,1-2,5-6H2,(H,15,16)/t7-/m1/s1. The summed E-state index contributed by atoms with van der Waals surface area (Å²) >= 11 is 0. The predicted octanol–water partition coefficient (Wildman–Crippen LogP) is 0.136. The van der Waals surface area contributed by atoms with Gasteiger partial charge >= 0.3 is 5.97 Å². The maximum absolute atomic E-state index is 10.6. The molecule has 1 aromatic heterocycles. The lowest BCUT2D eigenvalue weighted by molar-refractivity contribution is 0.0689. The van der Waals surface area contributed by atoms with Crippen LogP contribution in [0.15, 0.2) is 12.1 Å². The van der Waals surface area contributed by atoms with Crippen molar-refractivity contribution in [3.63, 3.8) is 0 Å². The van der Waals surface area contributed by atoms with Gasteiger partial charge in [0.15, 0.2) is 11.5 Å². The quantitative estimate of drug-likeness (QED) is 0.757. The van der Waals surface area contributed by atoms with Crippen LogP contribution in [-0.2, 0) is 0 Å². The summed E-state index contributed by atoms with van der Waals surface area (Å²) in [6, 6.07) is 3.13. The molecule has 0 unspecified atom stereocenters. The zero-order valence-electron chi connectivity index (χ0n) is 8.70. The number of rotatable bonds is 3. The number of carboxylic acids is 1. The minimum atomic E-state index is -1.08. The molecule has 0 aromatic carbocycles. The van der Waals surface area contributed by atoms with E-state index in [4.69, 9.17) is 10.2 Å². The van der Waals surface area contributed by atoms with Crippen LogP contribution in [0.3, 0.4) is 0 Å². The van der Waals surface area contributed by atoms with Crippen LogP contribution in [-0.4, -0.2) is 45.6 Å². The second-order valence-corrected chi connectivity index (χ2v) is 3.75. The lowest BCUT2D eigenvalue weighted by atomic mass is 10.2. The van der Waals surface area contributed by atoms with Crippen LogP contribution in [0.1, 0.15) is 23.3 Å². The Kier molecular flexibility index (Phi) is 3.00. The highest BCUT2D eigenvalue weighted by Gasteiger charge is 2.25. The van der Waals surface area contributed by atoms with Gasteiger partial charge in [-0.1, -0.05) is 0 Å². The summed E-state index contributed by atoms with van der Waals surface area (Å²) in [7, 11) is 0. The maximum Gasteiger partial charge on any atom is 0.356 e. The number of hydrogen-bond donors (Lipinski definition) is 2. The van der Waals surface area contributed by atoms with Crippen LogP contribution >= 0.6 is 0 Å². The molecule has 2 heterocycles. The Labute approximate surface area is 92.5 Å². The largest absolute Gasteiger partial charge is 0.476 e. The molecule has 6 nitrogen and oxygen atoms in total. The van der Waals surface area contributed by atoms with Gasteiger partial charge in [0, 0.05) is 6.54 Å². The van der Waals surface area contributed by atoms with Gasteiger partial charge in [0.2, 0.25) is 0 Å².